The lowest BCUT2D eigenvalue weighted by atomic mass is 10.0. The van der Waals surface area contributed by atoms with E-state index in [1.165, 1.54) is 5.56 Å². The zero-order valence-electron chi connectivity index (χ0n) is 15.4. The van der Waals surface area contributed by atoms with Crippen LogP contribution in [-0.4, -0.2) is 53.6 Å². The molecule has 3 rings (SSSR count). The maximum absolute atomic E-state index is 12.8. The second-order valence-corrected chi connectivity index (χ2v) is 7.12. The summed E-state index contributed by atoms with van der Waals surface area (Å²) in [5.41, 5.74) is 2.33. The molecule has 1 N–H and O–H groups in total. The summed E-state index contributed by atoms with van der Waals surface area (Å²) < 4.78 is 0. The minimum atomic E-state index is -0.245. The van der Waals surface area contributed by atoms with Crippen LogP contribution in [0.1, 0.15) is 30.0 Å². The molecule has 0 aliphatic carbocycles. The van der Waals surface area contributed by atoms with Crippen molar-refractivity contribution in [2.24, 2.45) is 0 Å². The van der Waals surface area contributed by atoms with Gasteiger partial charge in [-0.15, -0.1) is 0 Å². The van der Waals surface area contributed by atoms with Gasteiger partial charge in [-0.3, -0.25) is 9.69 Å². The number of β-amino-alcohol motifs (C(OH)–C–C–N with tert-alkyl or cyclic N) is 1. The van der Waals surface area contributed by atoms with Crippen molar-refractivity contribution in [2.45, 2.75) is 31.4 Å². The van der Waals surface area contributed by atoms with Gasteiger partial charge in [0.1, 0.15) is 0 Å². The highest BCUT2D eigenvalue weighted by atomic mass is 16.3. The first-order chi connectivity index (χ1) is 12.6. The molecule has 1 aliphatic rings. The van der Waals surface area contributed by atoms with Crippen LogP contribution in [-0.2, 0) is 11.2 Å². The van der Waals surface area contributed by atoms with Gasteiger partial charge in [0.2, 0.25) is 5.91 Å². The molecular formula is C22H28N2O2. The summed E-state index contributed by atoms with van der Waals surface area (Å²) in [6.07, 6.45) is 1.83. The standard InChI is InChI=1S/C22H28N2O2/c1-23(22(26)13-12-18-8-4-2-5-9-18)21(19-10-6-3-7-11-19)17-24-15-14-20(25)16-24/h2-11,20-21,25H,12-17H2,1H3/t20-,21+/m0/s1. The summed E-state index contributed by atoms with van der Waals surface area (Å²) in [6, 6.07) is 20.3. The third kappa shape index (κ3) is 4.93. The number of benzene rings is 2. The number of likely N-dealkylation sites (tertiary alicyclic amines) is 1. The molecule has 2 aromatic carbocycles. The monoisotopic (exact) mass is 352 g/mol. The number of likely N-dealkylation sites (N-methyl/N-ethyl adjacent to an activating group) is 1. The van der Waals surface area contributed by atoms with Gasteiger partial charge in [-0.2, -0.15) is 0 Å². The van der Waals surface area contributed by atoms with Crippen molar-refractivity contribution in [2.75, 3.05) is 26.7 Å². The van der Waals surface area contributed by atoms with Crippen molar-refractivity contribution in [3.63, 3.8) is 0 Å². The molecule has 138 valence electrons. The molecule has 1 heterocycles. The molecule has 2 aromatic rings. The number of aryl methyl sites for hydroxylation is 1. The van der Waals surface area contributed by atoms with Crippen LogP contribution in [0.25, 0.3) is 0 Å². The van der Waals surface area contributed by atoms with Crippen molar-refractivity contribution in [1.82, 2.24) is 9.80 Å². The Bertz CT molecular complexity index is 690. The predicted molar refractivity (Wildman–Crippen MR) is 104 cm³/mol. The number of amides is 1. The van der Waals surface area contributed by atoms with Crippen LogP contribution in [0.15, 0.2) is 60.7 Å². The van der Waals surface area contributed by atoms with E-state index in [0.717, 1.165) is 31.5 Å². The van der Waals surface area contributed by atoms with Crippen LogP contribution in [0, 0.1) is 0 Å². The quantitative estimate of drug-likeness (QED) is 0.833. The lowest BCUT2D eigenvalue weighted by Gasteiger charge is -2.32. The molecule has 0 saturated carbocycles. The molecule has 0 radical (unpaired) electrons. The van der Waals surface area contributed by atoms with Gasteiger partial charge in [0.05, 0.1) is 12.1 Å². The summed E-state index contributed by atoms with van der Waals surface area (Å²) in [5, 5.41) is 9.82. The first-order valence-corrected chi connectivity index (χ1v) is 9.38. The van der Waals surface area contributed by atoms with Crippen molar-refractivity contribution < 1.29 is 9.90 Å². The molecule has 0 aromatic heterocycles. The normalized spacial score (nSPS) is 18.6. The third-order valence-corrected chi connectivity index (χ3v) is 5.19. The average molecular weight is 352 g/mol. The Morgan fingerprint density at radius 3 is 2.42 bits per heavy atom. The summed E-state index contributed by atoms with van der Waals surface area (Å²) in [6.45, 7) is 2.33. The van der Waals surface area contributed by atoms with Gasteiger partial charge in [0, 0.05) is 33.1 Å². The van der Waals surface area contributed by atoms with Crippen LogP contribution < -0.4 is 0 Å². The topological polar surface area (TPSA) is 43.8 Å². The van der Waals surface area contributed by atoms with Crippen molar-refractivity contribution in [3.05, 3.63) is 71.8 Å². The fourth-order valence-corrected chi connectivity index (χ4v) is 3.60. The van der Waals surface area contributed by atoms with Crippen LogP contribution in [0.2, 0.25) is 0 Å². The van der Waals surface area contributed by atoms with Crippen LogP contribution in [0.3, 0.4) is 0 Å². The molecule has 1 saturated heterocycles. The lowest BCUT2D eigenvalue weighted by Crippen LogP contribution is -2.39. The van der Waals surface area contributed by atoms with Gasteiger partial charge >= 0.3 is 0 Å². The largest absolute Gasteiger partial charge is 0.392 e. The minimum absolute atomic E-state index is 0.00442. The highest BCUT2D eigenvalue weighted by Crippen LogP contribution is 2.24. The summed E-state index contributed by atoms with van der Waals surface area (Å²) >= 11 is 0. The Morgan fingerprint density at radius 1 is 1.15 bits per heavy atom. The van der Waals surface area contributed by atoms with Crippen molar-refractivity contribution in [3.8, 4) is 0 Å². The van der Waals surface area contributed by atoms with E-state index in [4.69, 9.17) is 0 Å². The zero-order valence-corrected chi connectivity index (χ0v) is 15.4. The molecule has 1 fully saturated rings. The molecule has 4 nitrogen and oxygen atoms in total. The third-order valence-electron chi connectivity index (χ3n) is 5.19. The van der Waals surface area contributed by atoms with Crippen molar-refractivity contribution in [1.29, 1.82) is 0 Å². The van der Waals surface area contributed by atoms with E-state index in [-0.39, 0.29) is 18.1 Å². The average Bonchev–Trinajstić information content (AvgIpc) is 3.10. The molecule has 1 aliphatic heterocycles. The molecule has 4 heteroatoms. The number of carbonyl (C=O) groups excluding carboxylic acids is 1. The van der Waals surface area contributed by atoms with E-state index in [9.17, 15) is 9.90 Å². The summed E-state index contributed by atoms with van der Waals surface area (Å²) in [5.74, 6) is 0.155. The van der Waals surface area contributed by atoms with Gasteiger partial charge in [0.15, 0.2) is 0 Å². The van der Waals surface area contributed by atoms with Gasteiger partial charge in [-0.1, -0.05) is 60.7 Å². The fraction of sp³-hybridized carbons (Fsp3) is 0.409. The van der Waals surface area contributed by atoms with Crippen LogP contribution >= 0.6 is 0 Å². The Morgan fingerprint density at radius 2 is 1.81 bits per heavy atom. The minimum Gasteiger partial charge on any atom is -0.392 e. The maximum Gasteiger partial charge on any atom is 0.223 e. The molecule has 26 heavy (non-hydrogen) atoms. The maximum atomic E-state index is 12.8. The number of aliphatic hydroxyl groups is 1. The molecular weight excluding hydrogens is 324 g/mol. The zero-order chi connectivity index (χ0) is 18.4. The second-order valence-electron chi connectivity index (χ2n) is 7.12. The summed E-state index contributed by atoms with van der Waals surface area (Å²) in [7, 11) is 1.90. The van der Waals surface area contributed by atoms with Crippen LogP contribution in [0.5, 0.6) is 0 Å². The van der Waals surface area contributed by atoms with Gasteiger partial charge in [-0.05, 0) is 24.0 Å². The molecule has 1 amide bonds. The Hall–Kier alpha value is -2.17. The molecule has 0 unspecified atom stereocenters. The molecule has 0 bridgehead atoms. The fourth-order valence-electron chi connectivity index (χ4n) is 3.60. The highest BCUT2D eigenvalue weighted by molar-refractivity contribution is 5.76. The Kier molecular flexibility index (Phi) is 6.42. The van der Waals surface area contributed by atoms with Gasteiger partial charge in [0.25, 0.3) is 0 Å². The smallest absolute Gasteiger partial charge is 0.223 e. The molecule has 2 atom stereocenters. The van der Waals surface area contributed by atoms with E-state index < -0.39 is 0 Å². The lowest BCUT2D eigenvalue weighted by molar-refractivity contribution is -0.132. The SMILES string of the molecule is CN(C(=O)CCc1ccccc1)[C@H](CN1CC[C@H](O)C1)c1ccccc1. The Labute approximate surface area is 156 Å². The second kappa shape index (κ2) is 8.97. The molecule has 0 spiro atoms. The van der Waals surface area contributed by atoms with Crippen LogP contribution in [0.4, 0.5) is 0 Å². The number of carbonyl (C=O) groups is 1. The van der Waals surface area contributed by atoms with E-state index in [2.05, 4.69) is 29.2 Å². The van der Waals surface area contributed by atoms with E-state index in [0.29, 0.717) is 13.0 Å². The van der Waals surface area contributed by atoms with E-state index >= 15 is 0 Å². The van der Waals surface area contributed by atoms with E-state index in [1.807, 2.05) is 48.3 Å². The summed E-state index contributed by atoms with van der Waals surface area (Å²) in [4.78, 5) is 17.0. The van der Waals surface area contributed by atoms with Gasteiger partial charge in [-0.25, -0.2) is 0 Å². The van der Waals surface area contributed by atoms with Crippen molar-refractivity contribution >= 4 is 5.91 Å². The highest BCUT2D eigenvalue weighted by Gasteiger charge is 2.27. The number of aliphatic hydroxyl groups excluding tert-OH is 1. The number of nitrogens with zero attached hydrogens (tertiary/aromatic N) is 2. The number of hydrogen-bond acceptors (Lipinski definition) is 3. The van der Waals surface area contributed by atoms with E-state index in [1.54, 1.807) is 0 Å². The first-order valence-electron chi connectivity index (χ1n) is 9.38. The van der Waals surface area contributed by atoms with Gasteiger partial charge < -0.3 is 10.0 Å². The number of hydrogen-bond donors (Lipinski definition) is 1. The number of rotatable bonds is 7. The predicted octanol–water partition coefficient (Wildman–Crippen LogP) is 2.89. The first kappa shape index (κ1) is 18.6. The Balaban J connectivity index is 1.67.